The minimum absolute atomic E-state index is 0.00560. The van der Waals surface area contributed by atoms with Crippen LogP contribution in [0.5, 0.6) is 5.75 Å². The molecule has 9 heteroatoms. The first-order chi connectivity index (χ1) is 9.76. The summed E-state index contributed by atoms with van der Waals surface area (Å²) in [6.45, 7) is 0. The summed E-state index contributed by atoms with van der Waals surface area (Å²) in [4.78, 5) is 13.4. The van der Waals surface area contributed by atoms with Gasteiger partial charge in [0, 0.05) is 14.1 Å². The Morgan fingerprint density at radius 3 is 2.38 bits per heavy atom. The van der Waals surface area contributed by atoms with E-state index in [9.17, 15) is 13.2 Å². The molecule has 0 saturated heterocycles. The van der Waals surface area contributed by atoms with Crippen LogP contribution in [-0.4, -0.2) is 35.4 Å². The van der Waals surface area contributed by atoms with Gasteiger partial charge in [0.05, 0.1) is 5.56 Å². The quantitative estimate of drug-likeness (QED) is 0.935. The maximum atomic E-state index is 12.4. The van der Waals surface area contributed by atoms with Gasteiger partial charge in [0.15, 0.2) is 5.82 Å². The lowest BCUT2D eigenvalue weighted by Gasteiger charge is -2.14. The summed E-state index contributed by atoms with van der Waals surface area (Å²) in [7, 11) is 3.35. The van der Waals surface area contributed by atoms with Crippen LogP contribution in [0.1, 0.15) is 0 Å². The van der Waals surface area contributed by atoms with Crippen LogP contribution in [0, 0.1) is 0 Å². The highest BCUT2D eigenvalue weighted by Crippen LogP contribution is 2.32. The molecule has 6 nitrogen and oxygen atoms in total. The number of anilines is 2. The molecule has 0 atom stereocenters. The van der Waals surface area contributed by atoms with Crippen molar-refractivity contribution in [2.45, 2.75) is 6.36 Å². The Labute approximate surface area is 118 Å². The zero-order valence-corrected chi connectivity index (χ0v) is 11.2. The Bertz CT molecular complexity index is 645. The van der Waals surface area contributed by atoms with Gasteiger partial charge in [0.1, 0.15) is 5.75 Å². The topological polar surface area (TPSA) is 77.2 Å². The lowest BCUT2D eigenvalue weighted by molar-refractivity contribution is -0.274. The third kappa shape index (κ3) is 3.71. The minimum Gasteiger partial charge on any atom is -0.405 e. The van der Waals surface area contributed by atoms with Gasteiger partial charge >= 0.3 is 6.36 Å². The van der Waals surface area contributed by atoms with E-state index in [0.717, 1.165) is 0 Å². The number of hydrogen-bond acceptors (Lipinski definition) is 6. The maximum absolute atomic E-state index is 12.4. The lowest BCUT2D eigenvalue weighted by atomic mass is 10.2. The van der Waals surface area contributed by atoms with Crippen molar-refractivity contribution in [2.75, 3.05) is 24.7 Å². The summed E-state index contributed by atoms with van der Waals surface area (Å²) in [5.74, 6) is -0.254. The van der Waals surface area contributed by atoms with E-state index in [1.165, 1.54) is 18.2 Å². The average molecular weight is 299 g/mol. The molecule has 0 aliphatic rings. The van der Waals surface area contributed by atoms with Crippen molar-refractivity contribution in [3.8, 4) is 17.1 Å². The number of para-hydroxylation sites is 1. The van der Waals surface area contributed by atoms with E-state index in [4.69, 9.17) is 5.73 Å². The zero-order valence-electron chi connectivity index (χ0n) is 11.2. The molecule has 0 spiro atoms. The molecule has 0 aliphatic carbocycles. The van der Waals surface area contributed by atoms with Crippen LogP contribution in [0.2, 0.25) is 0 Å². The largest absolute Gasteiger partial charge is 0.573 e. The standard InChI is InChI=1S/C12H12F3N5O/c1-20(2)11-18-9(17-10(16)19-11)7-5-3-4-6-8(7)21-12(13,14)15/h3-6H,1-2H3,(H2,16,17,18,19). The van der Waals surface area contributed by atoms with Crippen molar-refractivity contribution in [1.29, 1.82) is 0 Å². The third-order valence-corrected chi connectivity index (χ3v) is 2.39. The van der Waals surface area contributed by atoms with E-state index in [-0.39, 0.29) is 23.3 Å². The fraction of sp³-hybridized carbons (Fsp3) is 0.250. The van der Waals surface area contributed by atoms with Crippen LogP contribution in [0.15, 0.2) is 24.3 Å². The number of hydrogen-bond donors (Lipinski definition) is 1. The lowest BCUT2D eigenvalue weighted by Crippen LogP contribution is -2.18. The first-order valence-corrected chi connectivity index (χ1v) is 5.80. The van der Waals surface area contributed by atoms with E-state index < -0.39 is 12.1 Å². The molecule has 0 aliphatic heterocycles. The van der Waals surface area contributed by atoms with Gasteiger partial charge in [0.2, 0.25) is 11.9 Å². The normalized spacial score (nSPS) is 11.3. The molecular formula is C12H12F3N5O. The number of nitrogen functional groups attached to an aromatic ring is 1. The Morgan fingerprint density at radius 2 is 1.76 bits per heavy atom. The average Bonchev–Trinajstić information content (AvgIpc) is 2.36. The monoisotopic (exact) mass is 299 g/mol. The number of halogens is 3. The number of ether oxygens (including phenoxy) is 1. The molecule has 0 radical (unpaired) electrons. The number of nitrogens with two attached hydrogens (primary N) is 1. The number of benzene rings is 1. The predicted octanol–water partition coefficient (Wildman–Crippen LogP) is 2.09. The SMILES string of the molecule is CN(C)c1nc(N)nc(-c2ccccc2OC(F)(F)F)n1. The molecule has 0 saturated carbocycles. The molecular weight excluding hydrogens is 287 g/mol. The van der Waals surface area contributed by atoms with Gasteiger partial charge in [-0.25, -0.2) is 0 Å². The van der Waals surface area contributed by atoms with E-state index in [1.54, 1.807) is 25.1 Å². The first-order valence-electron chi connectivity index (χ1n) is 5.80. The molecule has 0 bridgehead atoms. The Morgan fingerprint density at radius 1 is 1.10 bits per heavy atom. The summed E-state index contributed by atoms with van der Waals surface area (Å²) >= 11 is 0. The van der Waals surface area contributed by atoms with E-state index in [2.05, 4.69) is 19.7 Å². The zero-order chi connectivity index (χ0) is 15.6. The molecule has 1 heterocycles. The highest BCUT2D eigenvalue weighted by Gasteiger charge is 2.32. The predicted molar refractivity (Wildman–Crippen MR) is 70.7 cm³/mol. The Hall–Kier alpha value is -2.58. The van der Waals surface area contributed by atoms with Crippen molar-refractivity contribution in [2.24, 2.45) is 0 Å². The number of aromatic nitrogens is 3. The van der Waals surface area contributed by atoms with Gasteiger partial charge in [-0.3, -0.25) is 0 Å². The highest BCUT2D eigenvalue weighted by atomic mass is 19.4. The van der Waals surface area contributed by atoms with Gasteiger partial charge < -0.3 is 15.4 Å². The molecule has 1 aromatic heterocycles. The van der Waals surface area contributed by atoms with E-state index in [0.29, 0.717) is 0 Å². The summed E-state index contributed by atoms with van der Waals surface area (Å²) in [6.07, 6.45) is -4.81. The fourth-order valence-electron chi connectivity index (χ4n) is 1.57. The number of rotatable bonds is 3. The third-order valence-electron chi connectivity index (χ3n) is 2.39. The smallest absolute Gasteiger partial charge is 0.405 e. The molecule has 0 fully saturated rings. The van der Waals surface area contributed by atoms with Crippen LogP contribution < -0.4 is 15.4 Å². The Balaban J connectivity index is 2.52. The van der Waals surface area contributed by atoms with Gasteiger partial charge in [-0.2, -0.15) is 15.0 Å². The van der Waals surface area contributed by atoms with Crippen LogP contribution >= 0.6 is 0 Å². The van der Waals surface area contributed by atoms with Crippen molar-refractivity contribution in [3.63, 3.8) is 0 Å². The summed E-state index contributed by atoms with van der Waals surface area (Å²) in [5, 5.41) is 0. The van der Waals surface area contributed by atoms with E-state index >= 15 is 0 Å². The van der Waals surface area contributed by atoms with Crippen molar-refractivity contribution in [3.05, 3.63) is 24.3 Å². The number of alkyl halides is 3. The summed E-state index contributed by atoms with van der Waals surface area (Å²) in [6, 6.07) is 5.56. The minimum atomic E-state index is -4.81. The summed E-state index contributed by atoms with van der Waals surface area (Å²) < 4.78 is 41.2. The van der Waals surface area contributed by atoms with Gasteiger partial charge in [0.25, 0.3) is 0 Å². The molecule has 21 heavy (non-hydrogen) atoms. The highest BCUT2D eigenvalue weighted by molar-refractivity contribution is 5.65. The van der Waals surface area contributed by atoms with Crippen molar-refractivity contribution >= 4 is 11.9 Å². The molecule has 2 aromatic rings. The first kappa shape index (κ1) is 14.8. The molecule has 0 unspecified atom stereocenters. The molecule has 2 rings (SSSR count). The van der Waals surface area contributed by atoms with Crippen molar-refractivity contribution < 1.29 is 17.9 Å². The summed E-state index contributed by atoms with van der Waals surface area (Å²) in [5.41, 5.74) is 5.64. The molecule has 2 N–H and O–H groups in total. The van der Waals surface area contributed by atoms with Gasteiger partial charge in [-0.05, 0) is 12.1 Å². The van der Waals surface area contributed by atoms with Crippen LogP contribution in [0.25, 0.3) is 11.4 Å². The maximum Gasteiger partial charge on any atom is 0.573 e. The van der Waals surface area contributed by atoms with Gasteiger partial charge in [-0.1, -0.05) is 12.1 Å². The van der Waals surface area contributed by atoms with E-state index in [1.807, 2.05) is 0 Å². The second kappa shape index (κ2) is 5.43. The van der Waals surface area contributed by atoms with Crippen LogP contribution in [0.4, 0.5) is 25.1 Å². The van der Waals surface area contributed by atoms with Crippen LogP contribution in [-0.2, 0) is 0 Å². The second-order valence-corrected chi connectivity index (χ2v) is 4.26. The second-order valence-electron chi connectivity index (χ2n) is 4.26. The van der Waals surface area contributed by atoms with Gasteiger partial charge in [-0.15, -0.1) is 13.2 Å². The Kier molecular flexibility index (Phi) is 3.83. The van der Waals surface area contributed by atoms with Crippen LogP contribution in [0.3, 0.4) is 0 Å². The molecule has 0 amide bonds. The fourth-order valence-corrected chi connectivity index (χ4v) is 1.57. The molecule has 112 valence electrons. The molecule has 1 aromatic carbocycles. The van der Waals surface area contributed by atoms with Crippen molar-refractivity contribution in [1.82, 2.24) is 15.0 Å². The number of nitrogens with zero attached hydrogens (tertiary/aromatic N) is 4.